The van der Waals surface area contributed by atoms with Gasteiger partial charge in [0.2, 0.25) is 0 Å². The fraction of sp³-hybridized carbons (Fsp3) is 1.00. The van der Waals surface area contributed by atoms with Gasteiger partial charge in [0, 0.05) is 14.4 Å². The van der Waals surface area contributed by atoms with E-state index in [4.69, 9.17) is 9.47 Å². The molecule has 0 radical (unpaired) electrons. The van der Waals surface area contributed by atoms with Gasteiger partial charge in [0.15, 0.2) is 0 Å². The van der Waals surface area contributed by atoms with E-state index in [1.54, 1.807) is 7.11 Å². The second-order valence-corrected chi connectivity index (χ2v) is 10.4. The molecule has 0 aliphatic carbocycles. The van der Waals surface area contributed by atoms with E-state index >= 15 is 0 Å². The molecule has 0 atom stereocenters. The van der Waals surface area contributed by atoms with E-state index in [0.717, 1.165) is 19.8 Å². The molecule has 0 amide bonds. The van der Waals surface area contributed by atoms with Gasteiger partial charge >= 0.3 is 0 Å². The molecular weight excluding hydrogens is 267 g/mol. The van der Waals surface area contributed by atoms with Crippen LogP contribution in [0.2, 0.25) is 0 Å². The summed E-state index contributed by atoms with van der Waals surface area (Å²) in [5, 5.41) is 0. The van der Waals surface area contributed by atoms with Crippen molar-refractivity contribution in [1.82, 2.24) is 0 Å². The Morgan fingerprint density at radius 1 is 0.650 bits per heavy atom. The number of ether oxygens (including phenoxy) is 2. The average molecular weight is 305 g/mol. The van der Waals surface area contributed by atoms with E-state index < -0.39 is 7.26 Å². The Kier molecular flexibility index (Phi) is 14.5. The van der Waals surface area contributed by atoms with Crippen LogP contribution in [0.3, 0.4) is 0 Å². The highest BCUT2D eigenvalue weighted by molar-refractivity contribution is 7.75. The third-order valence-corrected chi connectivity index (χ3v) is 9.03. The van der Waals surface area contributed by atoms with E-state index in [1.165, 1.54) is 63.2 Å². The van der Waals surface area contributed by atoms with E-state index in [-0.39, 0.29) is 0 Å². The molecule has 0 aromatic carbocycles. The quantitative estimate of drug-likeness (QED) is 0.311. The van der Waals surface area contributed by atoms with Gasteiger partial charge in [-0.05, 0) is 19.3 Å². The summed E-state index contributed by atoms with van der Waals surface area (Å²) in [4.78, 5) is 0. The lowest BCUT2D eigenvalue weighted by Crippen LogP contribution is -2.17. The van der Waals surface area contributed by atoms with Gasteiger partial charge in [-0.25, -0.2) is 0 Å². The van der Waals surface area contributed by atoms with Crippen molar-refractivity contribution in [2.24, 2.45) is 0 Å². The molecule has 0 rings (SSSR count). The van der Waals surface area contributed by atoms with Gasteiger partial charge in [-0.3, -0.25) is 0 Å². The molecule has 0 fully saturated rings. The zero-order chi connectivity index (χ0) is 15.1. The summed E-state index contributed by atoms with van der Waals surface area (Å²) >= 11 is 0. The average Bonchev–Trinajstić information content (AvgIpc) is 2.48. The lowest BCUT2D eigenvalue weighted by atomic mass is 10.4. The number of rotatable bonds is 15. The van der Waals surface area contributed by atoms with Gasteiger partial charge in [0.05, 0.1) is 44.5 Å². The van der Waals surface area contributed by atoms with Crippen LogP contribution in [0.25, 0.3) is 0 Å². The normalized spacial score (nSPS) is 12.0. The number of unbranched alkanes of at least 4 members (excludes halogenated alkanes) is 3. The molecule has 0 bridgehead atoms. The Bertz CT molecular complexity index is 176. The number of methoxy groups -OCH3 is 1. The Labute approximate surface area is 128 Å². The van der Waals surface area contributed by atoms with Gasteiger partial charge in [-0.1, -0.05) is 40.0 Å². The van der Waals surface area contributed by atoms with Gasteiger partial charge in [-0.2, -0.15) is 0 Å². The van der Waals surface area contributed by atoms with Crippen LogP contribution < -0.4 is 0 Å². The Hall–Kier alpha value is 0.350. The first-order valence-corrected chi connectivity index (χ1v) is 11.2. The van der Waals surface area contributed by atoms with Crippen LogP contribution in [0.5, 0.6) is 0 Å². The second-order valence-electron chi connectivity index (χ2n) is 5.90. The molecule has 122 valence electrons. The highest BCUT2D eigenvalue weighted by atomic mass is 31.2. The van der Waals surface area contributed by atoms with E-state index in [1.807, 2.05) is 0 Å². The van der Waals surface area contributed by atoms with Crippen LogP contribution in [-0.2, 0) is 9.47 Å². The molecule has 0 saturated carbocycles. The summed E-state index contributed by atoms with van der Waals surface area (Å²) in [6.07, 6.45) is 14.1. The third-order valence-electron chi connectivity index (χ3n) is 4.10. The summed E-state index contributed by atoms with van der Waals surface area (Å²) < 4.78 is 10.8. The molecule has 0 saturated heterocycles. The fourth-order valence-electron chi connectivity index (χ4n) is 2.65. The van der Waals surface area contributed by atoms with Gasteiger partial charge in [0.1, 0.15) is 0 Å². The standard InChI is InChI=1S/C17H38O2P/c1-5-8-14-20(15-9-6-2,16-10-7-3)17-13-19-12-11-18-4/h5-17H2,1-4H3/q+1. The molecule has 0 unspecified atom stereocenters. The predicted octanol–water partition coefficient (Wildman–Crippen LogP) is 5.07. The van der Waals surface area contributed by atoms with Crippen LogP contribution in [-0.4, -0.2) is 51.6 Å². The van der Waals surface area contributed by atoms with Crippen LogP contribution in [0, 0.1) is 0 Å². The molecule has 0 aliphatic heterocycles. The SMILES string of the molecule is CCCC[P+](CCCC)(CCCC)CCOCCOC. The summed E-state index contributed by atoms with van der Waals surface area (Å²) in [7, 11) is 0.980. The molecule has 0 aromatic rings. The summed E-state index contributed by atoms with van der Waals surface area (Å²) in [5.74, 6) is 0. The zero-order valence-electron chi connectivity index (χ0n) is 14.5. The molecule has 2 nitrogen and oxygen atoms in total. The first-order chi connectivity index (χ1) is 9.74. The monoisotopic (exact) mass is 305 g/mol. The van der Waals surface area contributed by atoms with Crippen LogP contribution in [0.15, 0.2) is 0 Å². The molecule has 0 heterocycles. The molecule has 0 N–H and O–H groups in total. The minimum Gasteiger partial charge on any atom is -0.382 e. The molecule has 0 aliphatic rings. The van der Waals surface area contributed by atoms with E-state index in [9.17, 15) is 0 Å². The Balaban J connectivity index is 4.34. The first kappa shape index (κ1) is 20.3. The second kappa shape index (κ2) is 14.3. The summed E-state index contributed by atoms with van der Waals surface area (Å²) in [6, 6.07) is 0. The molecule has 0 spiro atoms. The highest BCUT2D eigenvalue weighted by Crippen LogP contribution is 2.60. The third kappa shape index (κ3) is 10.1. The van der Waals surface area contributed by atoms with Crippen molar-refractivity contribution in [3.05, 3.63) is 0 Å². The smallest absolute Gasteiger partial charge is 0.0828 e. The van der Waals surface area contributed by atoms with E-state index in [2.05, 4.69) is 20.8 Å². The van der Waals surface area contributed by atoms with E-state index in [0.29, 0.717) is 0 Å². The zero-order valence-corrected chi connectivity index (χ0v) is 15.4. The topological polar surface area (TPSA) is 18.5 Å². The summed E-state index contributed by atoms with van der Waals surface area (Å²) in [5.41, 5.74) is 0. The maximum atomic E-state index is 5.77. The molecule has 20 heavy (non-hydrogen) atoms. The van der Waals surface area contributed by atoms with Crippen molar-refractivity contribution >= 4 is 7.26 Å². The largest absolute Gasteiger partial charge is 0.382 e. The fourth-order valence-corrected chi connectivity index (χ4v) is 7.47. The number of hydrogen-bond donors (Lipinski definition) is 0. The Morgan fingerprint density at radius 2 is 1.15 bits per heavy atom. The molecule has 3 heteroatoms. The predicted molar refractivity (Wildman–Crippen MR) is 93.8 cm³/mol. The Morgan fingerprint density at radius 3 is 1.55 bits per heavy atom. The maximum absolute atomic E-state index is 5.77. The van der Waals surface area contributed by atoms with Gasteiger partial charge in [0.25, 0.3) is 0 Å². The highest BCUT2D eigenvalue weighted by Gasteiger charge is 2.34. The van der Waals surface area contributed by atoms with Crippen molar-refractivity contribution in [3.63, 3.8) is 0 Å². The summed E-state index contributed by atoms with van der Waals surface area (Å²) in [6.45, 7) is 9.40. The minimum absolute atomic E-state index is 0.727. The van der Waals surface area contributed by atoms with Crippen LogP contribution in [0.4, 0.5) is 0 Å². The van der Waals surface area contributed by atoms with Crippen molar-refractivity contribution in [2.45, 2.75) is 59.3 Å². The van der Waals surface area contributed by atoms with Crippen molar-refractivity contribution < 1.29 is 9.47 Å². The lowest BCUT2D eigenvalue weighted by molar-refractivity contribution is 0.0785. The lowest BCUT2D eigenvalue weighted by Gasteiger charge is -2.28. The molecule has 0 aromatic heterocycles. The van der Waals surface area contributed by atoms with Crippen molar-refractivity contribution in [3.8, 4) is 0 Å². The van der Waals surface area contributed by atoms with Gasteiger partial charge < -0.3 is 9.47 Å². The minimum atomic E-state index is -0.760. The van der Waals surface area contributed by atoms with Crippen LogP contribution in [0.1, 0.15) is 59.3 Å². The number of hydrogen-bond acceptors (Lipinski definition) is 2. The van der Waals surface area contributed by atoms with Crippen molar-refractivity contribution in [1.29, 1.82) is 0 Å². The van der Waals surface area contributed by atoms with Crippen LogP contribution >= 0.6 is 7.26 Å². The molecular formula is C17H38O2P+. The van der Waals surface area contributed by atoms with Gasteiger partial charge in [-0.15, -0.1) is 0 Å². The van der Waals surface area contributed by atoms with Crippen molar-refractivity contribution in [2.75, 3.05) is 51.6 Å². The maximum Gasteiger partial charge on any atom is 0.0828 e. The first-order valence-electron chi connectivity index (χ1n) is 8.66.